The number of likely N-dealkylation sites (tertiary alicyclic amines) is 1. The number of nitrogens with zero attached hydrogens (tertiary/aromatic N) is 2. The number of hydrogen-bond acceptors (Lipinski definition) is 5. The summed E-state index contributed by atoms with van der Waals surface area (Å²) < 4.78 is 10.6. The number of hydrogen-bond donors (Lipinski definition) is 1. The van der Waals surface area contributed by atoms with Gasteiger partial charge in [-0.2, -0.15) is 0 Å². The first kappa shape index (κ1) is 14.2. The van der Waals surface area contributed by atoms with E-state index >= 15 is 0 Å². The van der Waals surface area contributed by atoms with Gasteiger partial charge in [0.25, 0.3) is 0 Å². The molecule has 0 aliphatic carbocycles. The van der Waals surface area contributed by atoms with Crippen LogP contribution in [-0.2, 0) is 11.3 Å². The highest BCUT2D eigenvalue weighted by atomic mass is 16.5. The maximum absolute atomic E-state index is 5.88. The third kappa shape index (κ3) is 3.65. The summed E-state index contributed by atoms with van der Waals surface area (Å²) in [6.07, 6.45) is 2.39. The number of aromatic nitrogens is 1. The number of piperidine rings is 1. The predicted molar refractivity (Wildman–Crippen MR) is 74.1 cm³/mol. The molecule has 106 valence electrons. The fourth-order valence-electron chi connectivity index (χ4n) is 2.60. The lowest BCUT2D eigenvalue weighted by atomic mass is 9.99. The fraction of sp³-hybridized carbons (Fsp3) is 0.643. The smallest absolute Gasteiger partial charge is 0.213 e. The van der Waals surface area contributed by atoms with Crippen molar-refractivity contribution in [3.05, 3.63) is 23.9 Å². The zero-order valence-electron chi connectivity index (χ0n) is 11.7. The number of ether oxygens (including phenoxy) is 2. The van der Waals surface area contributed by atoms with Crippen molar-refractivity contribution < 1.29 is 9.47 Å². The van der Waals surface area contributed by atoms with E-state index in [0.717, 1.165) is 31.6 Å². The Labute approximate surface area is 114 Å². The molecule has 0 amide bonds. The molecule has 2 atom stereocenters. The van der Waals surface area contributed by atoms with Crippen LogP contribution >= 0.6 is 0 Å². The number of pyridine rings is 1. The van der Waals surface area contributed by atoms with Crippen LogP contribution in [0, 0.1) is 0 Å². The van der Waals surface area contributed by atoms with Gasteiger partial charge in [-0.15, -0.1) is 0 Å². The molecule has 0 aromatic carbocycles. The van der Waals surface area contributed by atoms with Crippen LogP contribution in [-0.4, -0.2) is 49.3 Å². The van der Waals surface area contributed by atoms with Gasteiger partial charge >= 0.3 is 0 Å². The molecule has 1 aromatic rings. The molecule has 1 aliphatic heterocycles. The lowest BCUT2D eigenvalue weighted by Crippen LogP contribution is -2.48. The molecule has 2 unspecified atom stereocenters. The Bertz CT molecular complexity index is 400. The van der Waals surface area contributed by atoms with Gasteiger partial charge in [0.15, 0.2) is 0 Å². The molecule has 5 nitrogen and oxygen atoms in total. The van der Waals surface area contributed by atoms with E-state index in [1.54, 1.807) is 14.2 Å². The molecule has 19 heavy (non-hydrogen) atoms. The van der Waals surface area contributed by atoms with Crippen molar-refractivity contribution in [3.63, 3.8) is 0 Å². The Morgan fingerprint density at radius 2 is 2.26 bits per heavy atom. The Hall–Kier alpha value is -1.17. The molecule has 5 heteroatoms. The minimum absolute atomic E-state index is 0.336. The van der Waals surface area contributed by atoms with Gasteiger partial charge in [0.2, 0.25) is 5.88 Å². The summed E-state index contributed by atoms with van der Waals surface area (Å²) in [6.45, 7) is 2.47. The Morgan fingerprint density at radius 1 is 1.42 bits per heavy atom. The van der Waals surface area contributed by atoms with E-state index < -0.39 is 0 Å². The minimum Gasteiger partial charge on any atom is -0.481 e. The molecule has 1 aliphatic rings. The van der Waals surface area contributed by atoms with E-state index in [2.05, 4.69) is 9.88 Å². The van der Waals surface area contributed by atoms with Gasteiger partial charge in [0, 0.05) is 38.9 Å². The SMILES string of the molecule is COc1cccc(CN2CCC(OC)CC2CN)n1. The van der Waals surface area contributed by atoms with Crippen LogP contribution in [0.15, 0.2) is 18.2 Å². The van der Waals surface area contributed by atoms with Crippen LogP contribution in [0.5, 0.6) is 5.88 Å². The molecular formula is C14H23N3O2. The van der Waals surface area contributed by atoms with Crippen molar-refractivity contribution >= 4 is 0 Å². The third-order valence-corrected chi connectivity index (χ3v) is 3.75. The second-order valence-electron chi connectivity index (χ2n) is 4.91. The first-order valence-corrected chi connectivity index (χ1v) is 6.73. The molecule has 2 rings (SSSR count). The summed E-state index contributed by atoms with van der Waals surface area (Å²) in [5.74, 6) is 0.661. The highest BCUT2D eigenvalue weighted by Crippen LogP contribution is 2.21. The van der Waals surface area contributed by atoms with Gasteiger partial charge in [-0.3, -0.25) is 4.90 Å². The monoisotopic (exact) mass is 265 g/mol. The van der Waals surface area contributed by atoms with Crippen LogP contribution in [0.4, 0.5) is 0 Å². The van der Waals surface area contributed by atoms with Crippen molar-refractivity contribution in [3.8, 4) is 5.88 Å². The molecule has 0 saturated carbocycles. The summed E-state index contributed by atoms with van der Waals surface area (Å²) in [4.78, 5) is 6.84. The van der Waals surface area contributed by atoms with E-state index in [0.29, 0.717) is 24.6 Å². The molecule has 0 radical (unpaired) electrons. The van der Waals surface area contributed by atoms with Crippen LogP contribution in [0.2, 0.25) is 0 Å². The predicted octanol–water partition coefficient (Wildman–Crippen LogP) is 1.03. The first-order chi connectivity index (χ1) is 9.26. The summed E-state index contributed by atoms with van der Waals surface area (Å²) in [5.41, 5.74) is 6.90. The maximum atomic E-state index is 5.88. The minimum atomic E-state index is 0.336. The molecule has 2 N–H and O–H groups in total. The van der Waals surface area contributed by atoms with Gasteiger partial charge in [-0.1, -0.05) is 6.07 Å². The van der Waals surface area contributed by atoms with Gasteiger partial charge < -0.3 is 15.2 Å². The molecule has 0 bridgehead atoms. The average molecular weight is 265 g/mol. The van der Waals surface area contributed by atoms with E-state index in [-0.39, 0.29) is 0 Å². The zero-order valence-corrected chi connectivity index (χ0v) is 11.7. The van der Waals surface area contributed by atoms with Gasteiger partial charge in [0.1, 0.15) is 0 Å². The normalized spacial score (nSPS) is 24.4. The highest BCUT2D eigenvalue weighted by molar-refractivity contribution is 5.15. The van der Waals surface area contributed by atoms with Crippen molar-refractivity contribution in [1.82, 2.24) is 9.88 Å². The molecule has 1 fully saturated rings. The first-order valence-electron chi connectivity index (χ1n) is 6.73. The standard InChI is InChI=1S/C14H23N3O2/c1-18-13-6-7-17(12(8-13)9-15)10-11-4-3-5-14(16-11)19-2/h3-5,12-13H,6-10,15H2,1-2H3. The summed E-state index contributed by atoms with van der Waals surface area (Å²) in [6, 6.07) is 6.23. The van der Waals surface area contributed by atoms with Crippen molar-refractivity contribution in [2.24, 2.45) is 5.73 Å². The Kier molecular flexibility index (Phi) is 5.13. The molecule has 1 aromatic heterocycles. The topological polar surface area (TPSA) is 60.6 Å². The van der Waals surface area contributed by atoms with E-state index in [1.165, 1.54) is 0 Å². The summed E-state index contributed by atoms with van der Waals surface area (Å²) in [5, 5.41) is 0. The van der Waals surface area contributed by atoms with E-state index in [4.69, 9.17) is 15.2 Å². The molecule has 2 heterocycles. The molecule has 1 saturated heterocycles. The quantitative estimate of drug-likeness (QED) is 0.861. The Balaban J connectivity index is 2.00. The van der Waals surface area contributed by atoms with Crippen molar-refractivity contribution in [2.75, 3.05) is 27.3 Å². The van der Waals surface area contributed by atoms with E-state index in [1.807, 2.05) is 18.2 Å². The van der Waals surface area contributed by atoms with Gasteiger partial charge in [-0.05, 0) is 18.9 Å². The molecular weight excluding hydrogens is 242 g/mol. The van der Waals surface area contributed by atoms with Crippen LogP contribution in [0.25, 0.3) is 0 Å². The zero-order chi connectivity index (χ0) is 13.7. The third-order valence-electron chi connectivity index (χ3n) is 3.75. The number of methoxy groups -OCH3 is 2. The number of rotatable bonds is 5. The summed E-state index contributed by atoms with van der Waals surface area (Å²) >= 11 is 0. The highest BCUT2D eigenvalue weighted by Gasteiger charge is 2.27. The second kappa shape index (κ2) is 6.84. The van der Waals surface area contributed by atoms with Crippen LogP contribution in [0.3, 0.4) is 0 Å². The average Bonchev–Trinajstić information content (AvgIpc) is 2.48. The fourth-order valence-corrected chi connectivity index (χ4v) is 2.60. The summed E-state index contributed by atoms with van der Waals surface area (Å²) in [7, 11) is 3.41. The Morgan fingerprint density at radius 3 is 2.95 bits per heavy atom. The number of nitrogens with two attached hydrogens (primary N) is 1. The largest absolute Gasteiger partial charge is 0.481 e. The lowest BCUT2D eigenvalue weighted by molar-refractivity contribution is 0.00973. The molecule has 0 spiro atoms. The van der Waals surface area contributed by atoms with E-state index in [9.17, 15) is 0 Å². The second-order valence-corrected chi connectivity index (χ2v) is 4.91. The maximum Gasteiger partial charge on any atom is 0.213 e. The van der Waals surface area contributed by atoms with Crippen molar-refractivity contribution in [2.45, 2.75) is 31.5 Å². The van der Waals surface area contributed by atoms with Gasteiger partial charge in [0.05, 0.1) is 18.9 Å². The van der Waals surface area contributed by atoms with Crippen LogP contribution in [0.1, 0.15) is 18.5 Å². The lowest BCUT2D eigenvalue weighted by Gasteiger charge is -2.38. The van der Waals surface area contributed by atoms with Crippen LogP contribution < -0.4 is 10.5 Å². The van der Waals surface area contributed by atoms with Crippen molar-refractivity contribution in [1.29, 1.82) is 0 Å². The van der Waals surface area contributed by atoms with Gasteiger partial charge in [-0.25, -0.2) is 4.98 Å².